The van der Waals surface area contributed by atoms with Gasteiger partial charge in [-0.15, -0.1) is 11.3 Å². The van der Waals surface area contributed by atoms with Crippen molar-refractivity contribution in [1.29, 1.82) is 0 Å². The van der Waals surface area contributed by atoms with Gasteiger partial charge in [-0.25, -0.2) is 0 Å². The number of benzene rings is 1. The summed E-state index contributed by atoms with van der Waals surface area (Å²) in [6.45, 7) is 5.98. The first-order chi connectivity index (χ1) is 11.7. The van der Waals surface area contributed by atoms with Crippen LogP contribution in [0.2, 0.25) is 0 Å². The molecule has 2 aliphatic heterocycles. The minimum Gasteiger partial charge on any atom is -0.488 e. The molecule has 1 aromatic heterocycles. The van der Waals surface area contributed by atoms with Crippen molar-refractivity contribution in [3.05, 3.63) is 40.8 Å². The SMILES string of the molecule is CCN1CCC(NC(=O)c2cc3c(s2)-c2ccccc2OC3)CC1. The maximum absolute atomic E-state index is 12.6. The Balaban J connectivity index is 1.48. The van der Waals surface area contributed by atoms with Gasteiger partial charge in [0.1, 0.15) is 12.4 Å². The van der Waals surface area contributed by atoms with E-state index in [2.05, 4.69) is 23.2 Å². The third kappa shape index (κ3) is 2.94. The van der Waals surface area contributed by atoms with Gasteiger partial charge in [0.25, 0.3) is 5.91 Å². The van der Waals surface area contributed by atoms with Crippen molar-refractivity contribution in [3.63, 3.8) is 0 Å². The van der Waals surface area contributed by atoms with Gasteiger partial charge in [0.05, 0.1) is 4.88 Å². The Morgan fingerprint density at radius 1 is 1.33 bits per heavy atom. The Labute approximate surface area is 146 Å². The van der Waals surface area contributed by atoms with Crippen molar-refractivity contribution in [2.75, 3.05) is 19.6 Å². The summed E-state index contributed by atoms with van der Waals surface area (Å²) in [5.41, 5.74) is 2.21. The van der Waals surface area contributed by atoms with E-state index in [-0.39, 0.29) is 5.91 Å². The molecule has 0 atom stereocenters. The molecule has 0 spiro atoms. The Kier molecular flexibility index (Phi) is 4.29. The van der Waals surface area contributed by atoms with E-state index in [0.29, 0.717) is 12.6 Å². The Bertz CT molecular complexity index is 748. The van der Waals surface area contributed by atoms with Gasteiger partial charge in [-0.05, 0) is 37.6 Å². The van der Waals surface area contributed by atoms with Gasteiger partial charge >= 0.3 is 0 Å². The van der Waals surface area contributed by atoms with Crippen LogP contribution in [0.4, 0.5) is 0 Å². The molecule has 1 N–H and O–H groups in total. The monoisotopic (exact) mass is 342 g/mol. The molecule has 126 valence electrons. The van der Waals surface area contributed by atoms with E-state index < -0.39 is 0 Å². The molecule has 0 saturated carbocycles. The zero-order valence-corrected chi connectivity index (χ0v) is 14.7. The van der Waals surface area contributed by atoms with E-state index in [1.54, 1.807) is 11.3 Å². The fourth-order valence-electron chi connectivity index (χ4n) is 3.46. The lowest BCUT2D eigenvalue weighted by Gasteiger charge is -2.31. The smallest absolute Gasteiger partial charge is 0.261 e. The van der Waals surface area contributed by atoms with E-state index in [9.17, 15) is 4.79 Å². The highest BCUT2D eigenvalue weighted by Gasteiger charge is 2.24. The highest BCUT2D eigenvalue weighted by molar-refractivity contribution is 7.17. The number of amides is 1. The van der Waals surface area contributed by atoms with Crippen molar-refractivity contribution in [3.8, 4) is 16.2 Å². The van der Waals surface area contributed by atoms with Gasteiger partial charge in [0.2, 0.25) is 0 Å². The summed E-state index contributed by atoms with van der Waals surface area (Å²) in [5, 5.41) is 3.22. The average molecular weight is 342 g/mol. The van der Waals surface area contributed by atoms with Crippen LogP contribution in [-0.4, -0.2) is 36.5 Å². The summed E-state index contributed by atoms with van der Waals surface area (Å²) in [5.74, 6) is 0.965. The van der Waals surface area contributed by atoms with Crippen LogP contribution in [0.3, 0.4) is 0 Å². The number of para-hydroxylation sites is 1. The molecule has 2 aromatic rings. The van der Waals surface area contributed by atoms with Crippen molar-refractivity contribution in [1.82, 2.24) is 10.2 Å². The van der Waals surface area contributed by atoms with Crippen molar-refractivity contribution in [2.45, 2.75) is 32.4 Å². The summed E-state index contributed by atoms with van der Waals surface area (Å²) >= 11 is 1.58. The zero-order chi connectivity index (χ0) is 16.5. The zero-order valence-electron chi connectivity index (χ0n) is 13.9. The van der Waals surface area contributed by atoms with E-state index >= 15 is 0 Å². The predicted molar refractivity (Wildman–Crippen MR) is 96.7 cm³/mol. The van der Waals surface area contributed by atoms with Crippen LogP contribution >= 0.6 is 11.3 Å². The lowest BCUT2D eigenvalue weighted by molar-refractivity contribution is 0.0916. The van der Waals surface area contributed by atoms with Gasteiger partial charge in [-0.1, -0.05) is 19.1 Å². The number of piperidine rings is 1. The van der Waals surface area contributed by atoms with E-state index in [0.717, 1.165) is 54.2 Å². The second-order valence-corrected chi connectivity index (χ2v) is 7.48. The molecule has 1 saturated heterocycles. The Morgan fingerprint density at radius 3 is 2.92 bits per heavy atom. The number of carbonyl (C=O) groups is 1. The summed E-state index contributed by atoms with van der Waals surface area (Å²) in [7, 11) is 0. The molecule has 2 aliphatic rings. The average Bonchev–Trinajstić information content (AvgIpc) is 3.07. The lowest BCUT2D eigenvalue weighted by atomic mass is 10.0. The van der Waals surface area contributed by atoms with Crippen LogP contribution in [0.25, 0.3) is 10.4 Å². The number of nitrogens with zero attached hydrogens (tertiary/aromatic N) is 1. The molecule has 0 unspecified atom stereocenters. The van der Waals surface area contributed by atoms with Crippen LogP contribution in [0, 0.1) is 0 Å². The Morgan fingerprint density at radius 2 is 2.12 bits per heavy atom. The number of hydrogen-bond acceptors (Lipinski definition) is 4. The number of nitrogens with one attached hydrogen (secondary N) is 1. The summed E-state index contributed by atoms with van der Waals surface area (Å²) in [6.07, 6.45) is 2.08. The molecule has 1 fully saturated rings. The van der Waals surface area contributed by atoms with E-state index in [1.807, 2.05) is 24.3 Å². The van der Waals surface area contributed by atoms with Gasteiger partial charge in [0.15, 0.2) is 0 Å². The summed E-state index contributed by atoms with van der Waals surface area (Å²) in [6, 6.07) is 10.3. The van der Waals surface area contributed by atoms with E-state index in [4.69, 9.17) is 4.74 Å². The number of fused-ring (bicyclic) bond motifs is 3. The van der Waals surface area contributed by atoms with Gasteiger partial charge < -0.3 is 15.0 Å². The molecule has 3 heterocycles. The minimum absolute atomic E-state index is 0.0572. The molecule has 24 heavy (non-hydrogen) atoms. The highest BCUT2D eigenvalue weighted by atomic mass is 32.1. The van der Waals surface area contributed by atoms with Crippen LogP contribution in [-0.2, 0) is 6.61 Å². The number of likely N-dealkylation sites (tertiary alicyclic amines) is 1. The number of ether oxygens (including phenoxy) is 1. The molecule has 5 heteroatoms. The predicted octanol–water partition coefficient (Wildman–Crippen LogP) is 3.52. The quantitative estimate of drug-likeness (QED) is 0.928. The maximum atomic E-state index is 12.6. The standard InChI is InChI=1S/C19H22N2O2S/c1-2-21-9-7-14(8-10-21)20-19(22)17-11-13-12-23-16-6-4-3-5-15(16)18(13)24-17/h3-6,11,14H,2,7-10,12H2,1H3,(H,20,22). The number of thiophene rings is 1. The molecule has 0 radical (unpaired) electrons. The van der Waals surface area contributed by atoms with E-state index in [1.165, 1.54) is 4.88 Å². The van der Waals surface area contributed by atoms with Gasteiger partial charge in [-0.3, -0.25) is 4.79 Å². The topological polar surface area (TPSA) is 41.6 Å². The second-order valence-electron chi connectivity index (χ2n) is 6.43. The van der Waals surface area contributed by atoms with Gasteiger partial charge in [-0.2, -0.15) is 0 Å². The first kappa shape index (κ1) is 15.7. The van der Waals surface area contributed by atoms with Crippen LogP contribution in [0.1, 0.15) is 35.0 Å². The third-order valence-electron chi connectivity index (χ3n) is 4.92. The molecule has 1 amide bonds. The summed E-state index contributed by atoms with van der Waals surface area (Å²) in [4.78, 5) is 17.0. The largest absolute Gasteiger partial charge is 0.488 e. The maximum Gasteiger partial charge on any atom is 0.261 e. The minimum atomic E-state index is 0.0572. The Hall–Kier alpha value is -1.85. The number of rotatable bonds is 3. The summed E-state index contributed by atoms with van der Waals surface area (Å²) < 4.78 is 5.79. The molecular formula is C19H22N2O2S. The van der Waals surface area contributed by atoms with Crippen molar-refractivity contribution >= 4 is 17.2 Å². The molecule has 1 aromatic carbocycles. The van der Waals surface area contributed by atoms with Crippen LogP contribution < -0.4 is 10.1 Å². The highest BCUT2D eigenvalue weighted by Crippen LogP contribution is 2.42. The first-order valence-corrected chi connectivity index (χ1v) is 9.44. The van der Waals surface area contributed by atoms with Gasteiger partial charge in [0, 0.05) is 35.1 Å². The normalized spacial score (nSPS) is 17.7. The second kappa shape index (κ2) is 6.57. The lowest BCUT2D eigenvalue weighted by Crippen LogP contribution is -2.44. The molecule has 0 aliphatic carbocycles. The van der Waals surface area contributed by atoms with Crippen LogP contribution in [0.5, 0.6) is 5.75 Å². The van der Waals surface area contributed by atoms with Crippen molar-refractivity contribution in [2.24, 2.45) is 0 Å². The fraction of sp³-hybridized carbons (Fsp3) is 0.421. The molecular weight excluding hydrogens is 320 g/mol. The third-order valence-corrected chi connectivity index (χ3v) is 6.13. The number of carbonyl (C=O) groups excluding carboxylic acids is 1. The molecule has 0 bridgehead atoms. The first-order valence-electron chi connectivity index (χ1n) is 8.62. The molecule has 4 nitrogen and oxygen atoms in total. The van der Waals surface area contributed by atoms with Crippen LogP contribution in [0.15, 0.2) is 30.3 Å². The number of hydrogen-bond donors (Lipinski definition) is 1. The molecule has 4 rings (SSSR count). The van der Waals surface area contributed by atoms with Crippen molar-refractivity contribution < 1.29 is 9.53 Å². The fourth-order valence-corrected chi connectivity index (χ4v) is 4.56.